The predicted molar refractivity (Wildman–Crippen MR) is 98.1 cm³/mol. The Hall–Kier alpha value is -3.28. The highest BCUT2D eigenvalue weighted by molar-refractivity contribution is 5.84. The van der Waals surface area contributed by atoms with Gasteiger partial charge in [0.25, 0.3) is 0 Å². The van der Waals surface area contributed by atoms with E-state index in [9.17, 15) is 13.2 Å². The number of ether oxygens (including phenoxy) is 1. The number of halogens is 3. The Kier molecular flexibility index (Phi) is 4.11. The van der Waals surface area contributed by atoms with Gasteiger partial charge in [0, 0.05) is 11.6 Å². The van der Waals surface area contributed by atoms with Gasteiger partial charge in [0.2, 0.25) is 0 Å². The van der Waals surface area contributed by atoms with Crippen molar-refractivity contribution in [3.8, 4) is 22.8 Å². The first kappa shape index (κ1) is 17.1. The summed E-state index contributed by atoms with van der Waals surface area (Å²) in [5.74, 6) is 0.989. The van der Waals surface area contributed by atoms with Crippen molar-refractivity contribution in [2.24, 2.45) is 0 Å². The molecule has 1 aromatic heterocycles. The van der Waals surface area contributed by atoms with Crippen LogP contribution in [0.15, 0.2) is 72.8 Å². The summed E-state index contributed by atoms with van der Waals surface area (Å²) >= 11 is 0. The predicted octanol–water partition coefficient (Wildman–Crippen LogP) is 5.72. The molecule has 3 nitrogen and oxygen atoms in total. The molecule has 0 saturated carbocycles. The van der Waals surface area contributed by atoms with Crippen LogP contribution in [-0.4, -0.2) is 16.7 Å². The van der Waals surface area contributed by atoms with Crippen LogP contribution >= 0.6 is 0 Å². The van der Waals surface area contributed by atoms with Gasteiger partial charge in [0.15, 0.2) is 0 Å². The van der Waals surface area contributed by atoms with Crippen molar-refractivity contribution in [1.29, 1.82) is 0 Å². The number of alkyl halides is 3. The number of aromatic nitrogens is 2. The second kappa shape index (κ2) is 6.46. The highest BCUT2D eigenvalue weighted by Gasteiger charge is 2.34. The lowest BCUT2D eigenvalue weighted by atomic mass is 10.1. The molecule has 0 unspecified atom stereocenters. The Bertz CT molecular complexity index is 1100. The van der Waals surface area contributed by atoms with Crippen LogP contribution in [0.3, 0.4) is 0 Å². The van der Waals surface area contributed by atoms with E-state index in [1.54, 1.807) is 24.3 Å². The molecule has 1 heterocycles. The van der Waals surface area contributed by atoms with Crippen molar-refractivity contribution in [2.75, 3.05) is 7.11 Å². The molecule has 3 aromatic carbocycles. The molecule has 136 valence electrons. The number of methoxy groups -OCH3 is 1. The number of fused-ring (bicyclic) bond motifs is 1. The number of imidazole rings is 1. The average Bonchev–Trinajstić information content (AvgIpc) is 3.06. The summed E-state index contributed by atoms with van der Waals surface area (Å²) in [4.78, 5) is 4.60. The Balaban J connectivity index is 2.10. The molecule has 27 heavy (non-hydrogen) atoms. The van der Waals surface area contributed by atoms with Crippen molar-refractivity contribution < 1.29 is 17.9 Å². The van der Waals surface area contributed by atoms with Gasteiger partial charge in [-0.05, 0) is 24.3 Å². The maximum absolute atomic E-state index is 13.7. The van der Waals surface area contributed by atoms with Gasteiger partial charge in [-0.15, -0.1) is 0 Å². The van der Waals surface area contributed by atoms with Gasteiger partial charge < -0.3 is 4.74 Å². The van der Waals surface area contributed by atoms with E-state index in [4.69, 9.17) is 4.74 Å². The molecule has 0 saturated heterocycles. The fraction of sp³-hybridized carbons (Fsp3) is 0.0952. The first-order chi connectivity index (χ1) is 13.0. The Morgan fingerprint density at radius 2 is 1.59 bits per heavy atom. The maximum Gasteiger partial charge on any atom is 0.418 e. The van der Waals surface area contributed by atoms with E-state index >= 15 is 0 Å². The molecule has 4 rings (SSSR count). The maximum atomic E-state index is 13.7. The number of rotatable bonds is 3. The topological polar surface area (TPSA) is 27.1 Å². The van der Waals surface area contributed by atoms with E-state index in [0.717, 1.165) is 11.6 Å². The Morgan fingerprint density at radius 3 is 2.30 bits per heavy atom. The summed E-state index contributed by atoms with van der Waals surface area (Å²) in [5, 5.41) is 0. The zero-order valence-corrected chi connectivity index (χ0v) is 14.4. The van der Waals surface area contributed by atoms with E-state index in [2.05, 4.69) is 4.98 Å². The minimum atomic E-state index is -4.49. The molecule has 0 spiro atoms. The molecule has 0 fully saturated rings. The van der Waals surface area contributed by atoms with Gasteiger partial charge in [0.1, 0.15) is 11.6 Å². The van der Waals surface area contributed by atoms with Crippen molar-refractivity contribution in [2.45, 2.75) is 6.18 Å². The molecular formula is C21H15F3N2O. The molecule has 0 radical (unpaired) electrons. The summed E-state index contributed by atoms with van der Waals surface area (Å²) in [6.07, 6.45) is -4.49. The van der Waals surface area contributed by atoms with Crippen LogP contribution in [0, 0.1) is 0 Å². The monoisotopic (exact) mass is 368 g/mol. The molecule has 0 aliphatic heterocycles. The average molecular weight is 368 g/mol. The summed E-state index contributed by atoms with van der Waals surface area (Å²) in [6, 6.07) is 19.8. The SMILES string of the molecule is COc1ccc2nc(-c3ccccc3)n(-c3ccccc3C(F)(F)F)c2c1. The fourth-order valence-corrected chi connectivity index (χ4v) is 3.12. The van der Waals surface area contributed by atoms with Crippen LogP contribution in [0.5, 0.6) is 5.75 Å². The quantitative estimate of drug-likeness (QED) is 0.462. The lowest BCUT2D eigenvalue weighted by Crippen LogP contribution is -2.11. The second-order valence-electron chi connectivity index (χ2n) is 6.01. The molecule has 0 aliphatic carbocycles. The minimum Gasteiger partial charge on any atom is -0.497 e. The number of hydrogen-bond acceptors (Lipinski definition) is 2. The van der Waals surface area contributed by atoms with Gasteiger partial charge in [-0.3, -0.25) is 4.57 Å². The van der Waals surface area contributed by atoms with Gasteiger partial charge in [0.05, 0.1) is 29.4 Å². The number of benzene rings is 3. The zero-order chi connectivity index (χ0) is 19.0. The molecular weight excluding hydrogens is 353 g/mol. The normalized spacial score (nSPS) is 11.7. The molecule has 0 bridgehead atoms. The third-order valence-corrected chi connectivity index (χ3v) is 4.34. The van der Waals surface area contributed by atoms with Crippen molar-refractivity contribution in [3.63, 3.8) is 0 Å². The fourth-order valence-electron chi connectivity index (χ4n) is 3.12. The van der Waals surface area contributed by atoms with Crippen molar-refractivity contribution >= 4 is 11.0 Å². The van der Waals surface area contributed by atoms with Gasteiger partial charge in [-0.25, -0.2) is 4.98 Å². The van der Waals surface area contributed by atoms with Gasteiger partial charge in [-0.1, -0.05) is 42.5 Å². The molecule has 0 amide bonds. The highest BCUT2D eigenvalue weighted by atomic mass is 19.4. The smallest absolute Gasteiger partial charge is 0.418 e. The van der Waals surface area contributed by atoms with Crippen LogP contribution in [-0.2, 0) is 6.18 Å². The van der Waals surface area contributed by atoms with E-state index in [-0.39, 0.29) is 5.69 Å². The highest BCUT2D eigenvalue weighted by Crippen LogP contribution is 2.38. The number of hydrogen-bond donors (Lipinski definition) is 0. The molecule has 4 aromatic rings. The Labute approximate surface area is 153 Å². The lowest BCUT2D eigenvalue weighted by Gasteiger charge is -2.16. The minimum absolute atomic E-state index is 0.0274. The third-order valence-electron chi connectivity index (χ3n) is 4.34. The van der Waals surface area contributed by atoms with Gasteiger partial charge >= 0.3 is 6.18 Å². The van der Waals surface area contributed by atoms with Crippen LogP contribution in [0.4, 0.5) is 13.2 Å². The van der Waals surface area contributed by atoms with Crippen molar-refractivity contribution in [3.05, 3.63) is 78.4 Å². The van der Waals surface area contributed by atoms with Crippen LogP contribution in [0.25, 0.3) is 28.1 Å². The number of para-hydroxylation sites is 1. The summed E-state index contributed by atoms with van der Waals surface area (Å²) in [6.45, 7) is 0. The molecule has 0 N–H and O–H groups in total. The summed E-state index contributed by atoms with van der Waals surface area (Å²) in [5.41, 5.74) is 1.17. The van der Waals surface area contributed by atoms with Crippen LogP contribution in [0.2, 0.25) is 0 Å². The first-order valence-corrected chi connectivity index (χ1v) is 8.27. The van der Waals surface area contributed by atoms with Crippen molar-refractivity contribution in [1.82, 2.24) is 9.55 Å². The lowest BCUT2D eigenvalue weighted by molar-refractivity contribution is -0.137. The summed E-state index contributed by atoms with van der Waals surface area (Å²) < 4.78 is 47.8. The van der Waals surface area contributed by atoms with E-state index < -0.39 is 11.7 Å². The largest absolute Gasteiger partial charge is 0.497 e. The molecule has 6 heteroatoms. The van der Waals surface area contributed by atoms with Crippen LogP contribution in [0.1, 0.15) is 5.56 Å². The third kappa shape index (κ3) is 3.03. The summed E-state index contributed by atoms with van der Waals surface area (Å²) in [7, 11) is 1.52. The van der Waals surface area contributed by atoms with E-state index in [1.807, 2.05) is 30.3 Å². The van der Waals surface area contributed by atoms with Gasteiger partial charge in [-0.2, -0.15) is 13.2 Å². The second-order valence-corrected chi connectivity index (χ2v) is 6.01. The Morgan fingerprint density at radius 1 is 0.889 bits per heavy atom. The standard InChI is InChI=1S/C21H15F3N2O/c1-27-15-11-12-17-19(13-15)26(20(25-17)14-7-3-2-4-8-14)18-10-6-5-9-16(18)21(22,23)24/h2-13H,1H3. The number of nitrogens with zero attached hydrogens (tertiary/aromatic N) is 2. The molecule has 0 aliphatic rings. The van der Waals surface area contributed by atoms with Crippen LogP contribution < -0.4 is 4.74 Å². The zero-order valence-electron chi connectivity index (χ0n) is 14.4. The molecule has 0 atom stereocenters. The van der Waals surface area contributed by atoms with E-state index in [1.165, 1.54) is 23.8 Å². The van der Waals surface area contributed by atoms with E-state index in [0.29, 0.717) is 22.6 Å². The first-order valence-electron chi connectivity index (χ1n) is 8.27.